The van der Waals surface area contributed by atoms with Gasteiger partial charge in [-0.1, -0.05) is 6.07 Å². The number of hydrogen-bond donors (Lipinski definition) is 1. The highest BCUT2D eigenvalue weighted by atomic mass is 16.4. The molecule has 0 spiro atoms. The molecule has 0 atom stereocenters. The fourth-order valence-electron chi connectivity index (χ4n) is 2.20. The Bertz CT molecular complexity index is 783. The summed E-state index contributed by atoms with van der Waals surface area (Å²) in [4.78, 5) is 15.6. The molecule has 3 aromatic heterocycles. The molecule has 19 heavy (non-hydrogen) atoms. The number of carboxylic acid groups (broad SMARTS) is 1. The van der Waals surface area contributed by atoms with E-state index < -0.39 is 5.97 Å². The van der Waals surface area contributed by atoms with Crippen LogP contribution in [0.5, 0.6) is 0 Å². The van der Waals surface area contributed by atoms with Gasteiger partial charge in [0.25, 0.3) is 0 Å². The minimum absolute atomic E-state index is 0.189. The van der Waals surface area contributed by atoms with Crippen molar-refractivity contribution in [1.82, 2.24) is 9.38 Å². The van der Waals surface area contributed by atoms with Crippen LogP contribution in [0.3, 0.4) is 0 Å². The predicted octanol–water partition coefficient (Wildman–Crippen LogP) is 2.91. The molecule has 5 nitrogen and oxygen atoms in total. The maximum Gasteiger partial charge on any atom is 0.352 e. The Morgan fingerprint density at radius 3 is 2.79 bits per heavy atom. The van der Waals surface area contributed by atoms with E-state index in [4.69, 9.17) is 9.52 Å². The fourth-order valence-corrected chi connectivity index (χ4v) is 2.20. The van der Waals surface area contributed by atoms with E-state index in [1.165, 1.54) is 0 Å². The van der Waals surface area contributed by atoms with Crippen molar-refractivity contribution in [3.8, 4) is 11.3 Å². The third-order valence-corrected chi connectivity index (χ3v) is 3.03. The van der Waals surface area contributed by atoms with Crippen LogP contribution in [-0.4, -0.2) is 20.5 Å². The van der Waals surface area contributed by atoms with Crippen molar-refractivity contribution in [3.63, 3.8) is 0 Å². The van der Waals surface area contributed by atoms with Crippen molar-refractivity contribution in [3.05, 3.63) is 47.7 Å². The smallest absolute Gasteiger partial charge is 0.352 e. The fraction of sp³-hybridized carbons (Fsp3) is 0.143. The molecule has 3 aromatic rings. The zero-order valence-corrected chi connectivity index (χ0v) is 10.5. The van der Waals surface area contributed by atoms with Crippen LogP contribution in [0.1, 0.15) is 22.0 Å². The first-order chi connectivity index (χ1) is 9.06. The van der Waals surface area contributed by atoms with Gasteiger partial charge >= 0.3 is 5.97 Å². The van der Waals surface area contributed by atoms with Gasteiger partial charge in [0.05, 0.1) is 5.69 Å². The number of aromatic carboxylic acids is 1. The van der Waals surface area contributed by atoms with Crippen molar-refractivity contribution in [1.29, 1.82) is 0 Å². The number of fused-ring (bicyclic) bond motifs is 1. The van der Waals surface area contributed by atoms with Gasteiger partial charge < -0.3 is 9.52 Å². The summed E-state index contributed by atoms with van der Waals surface area (Å²) in [5, 5.41) is 9.15. The molecule has 0 aliphatic heterocycles. The molecular formula is C14H12N2O3. The lowest BCUT2D eigenvalue weighted by molar-refractivity contribution is 0.0689. The second-order valence-corrected chi connectivity index (χ2v) is 4.40. The molecule has 0 saturated carbocycles. The molecule has 0 amide bonds. The van der Waals surface area contributed by atoms with Crippen LogP contribution in [0, 0.1) is 13.8 Å². The van der Waals surface area contributed by atoms with Crippen LogP contribution >= 0.6 is 0 Å². The van der Waals surface area contributed by atoms with Crippen molar-refractivity contribution in [2.45, 2.75) is 13.8 Å². The second-order valence-electron chi connectivity index (χ2n) is 4.40. The van der Waals surface area contributed by atoms with Crippen molar-refractivity contribution >= 4 is 11.6 Å². The first-order valence-electron chi connectivity index (χ1n) is 5.85. The quantitative estimate of drug-likeness (QED) is 0.765. The summed E-state index contributed by atoms with van der Waals surface area (Å²) in [5.41, 5.74) is 2.39. The number of nitrogens with zero attached hydrogens (tertiary/aromatic N) is 2. The van der Waals surface area contributed by atoms with E-state index in [0.717, 1.165) is 17.1 Å². The summed E-state index contributed by atoms with van der Waals surface area (Å²) < 4.78 is 7.05. The first-order valence-corrected chi connectivity index (χ1v) is 5.85. The number of pyridine rings is 1. The van der Waals surface area contributed by atoms with E-state index in [-0.39, 0.29) is 5.69 Å². The standard InChI is InChI=1S/C14H12N2O3/c1-8-6-10(9(2)19-8)11-7-16-12(14(17)18)4-3-5-13(16)15-11/h3-7H,1-2H3,(H,17,18). The highest BCUT2D eigenvalue weighted by Crippen LogP contribution is 2.26. The minimum atomic E-state index is -0.977. The maximum atomic E-state index is 11.2. The van der Waals surface area contributed by atoms with Crippen LogP contribution in [0.2, 0.25) is 0 Å². The van der Waals surface area contributed by atoms with Crippen LogP contribution in [0.4, 0.5) is 0 Å². The van der Waals surface area contributed by atoms with Gasteiger partial charge in [-0.3, -0.25) is 4.40 Å². The molecule has 3 rings (SSSR count). The molecule has 0 radical (unpaired) electrons. The number of carboxylic acids is 1. The minimum Gasteiger partial charge on any atom is -0.477 e. The van der Waals surface area contributed by atoms with E-state index in [9.17, 15) is 4.79 Å². The van der Waals surface area contributed by atoms with Gasteiger partial charge in [0.2, 0.25) is 0 Å². The largest absolute Gasteiger partial charge is 0.477 e. The Labute approximate surface area is 109 Å². The molecule has 0 aliphatic carbocycles. The van der Waals surface area contributed by atoms with Gasteiger partial charge in [-0.05, 0) is 32.0 Å². The second kappa shape index (κ2) is 3.98. The summed E-state index contributed by atoms with van der Waals surface area (Å²) in [6.07, 6.45) is 1.72. The summed E-state index contributed by atoms with van der Waals surface area (Å²) >= 11 is 0. The molecule has 5 heteroatoms. The third-order valence-electron chi connectivity index (χ3n) is 3.03. The van der Waals surface area contributed by atoms with Gasteiger partial charge in [0.1, 0.15) is 22.9 Å². The normalized spacial score (nSPS) is 11.1. The van der Waals surface area contributed by atoms with E-state index in [0.29, 0.717) is 11.3 Å². The first kappa shape index (κ1) is 11.5. The van der Waals surface area contributed by atoms with Crippen LogP contribution in [0.15, 0.2) is 34.9 Å². The number of rotatable bonds is 2. The highest BCUT2D eigenvalue weighted by Gasteiger charge is 2.14. The van der Waals surface area contributed by atoms with E-state index in [1.807, 2.05) is 19.9 Å². The number of aromatic nitrogens is 2. The number of aryl methyl sites for hydroxylation is 2. The molecule has 3 heterocycles. The Morgan fingerprint density at radius 2 is 2.16 bits per heavy atom. The van der Waals surface area contributed by atoms with E-state index >= 15 is 0 Å². The zero-order chi connectivity index (χ0) is 13.6. The summed E-state index contributed by atoms with van der Waals surface area (Å²) in [6, 6.07) is 6.91. The Hall–Kier alpha value is -2.56. The molecular weight excluding hydrogens is 244 g/mol. The summed E-state index contributed by atoms with van der Waals surface area (Å²) in [5.74, 6) is 0.607. The summed E-state index contributed by atoms with van der Waals surface area (Å²) in [6.45, 7) is 3.74. The number of carbonyl (C=O) groups is 1. The van der Waals surface area contributed by atoms with Crippen molar-refractivity contribution in [2.24, 2.45) is 0 Å². The monoisotopic (exact) mass is 256 g/mol. The van der Waals surface area contributed by atoms with Gasteiger partial charge in [-0.2, -0.15) is 0 Å². The predicted molar refractivity (Wildman–Crippen MR) is 69.3 cm³/mol. The molecule has 96 valence electrons. The molecule has 0 unspecified atom stereocenters. The lowest BCUT2D eigenvalue weighted by Crippen LogP contribution is -2.03. The Balaban J connectivity index is 2.25. The van der Waals surface area contributed by atoms with Crippen LogP contribution in [-0.2, 0) is 0 Å². The molecule has 0 aromatic carbocycles. The van der Waals surface area contributed by atoms with Gasteiger partial charge in [-0.15, -0.1) is 0 Å². The number of furan rings is 1. The molecule has 0 saturated heterocycles. The highest BCUT2D eigenvalue weighted by molar-refractivity contribution is 5.87. The zero-order valence-electron chi connectivity index (χ0n) is 10.5. The lowest BCUT2D eigenvalue weighted by atomic mass is 10.2. The lowest BCUT2D eigenvalue weighted by Gasteiger charge is -1.97. The van der Waals surface area contributed by atoms with Crippen molar-refractivity contribution < 1.29 is 14.3 Å². The maximum absolute atomic E-state index is 11.2. The average Bonchev–Trinajstić information content (AvgIpc) is 2.91. The number of hydrogen-bond acceptors (Lipinski definition) is 3. The van der Waals surface area contributed by atoms with Gasteiger partial charge in [0, 0.05) is 11.8 Å². The topological polar surface area (TPSA) is 67.7 Å². The molecule has 1 N–H and O–H groups in total. The average molecular weight is 256 g/mol. The Morgan fingerprint density at radius 1 is 1.37 bits per heavy atom. The van der Waals surface area contributed by atoms with Crippen LogP contribution in [0.25, 0.3) is 16.9 Å². The number of imidazole rings is 1. The molecule has 0 bridgehead atoms. The van der Waals surface area contributed by atoms with Crippen LogP contribution < -0.4 is 0 Å². The van der Waals surface area contributed by atoms with Crippen molar-refractivity contribution in [2.75, 3.05) is 0 Å². The molecule has 0 fully saturated rings. The Kier molecular flexibility index (Phi) is 2.41. The third kappa shape index (κ3) is 1.79. The SMILES string of the molecule is Cc1cc(-c2cn3c(C(=O)O)cccc3n2)c(C)o1. The van der Waals surface area contributed by atoms with E-state index in [2.05, 4.69) is 4.98 Å². The van der Waals surface area contributed by atoms with Gasteiger partial charge in [0.15, 0.2) is 0 Å². The van der Waals surface area contributed by atoms with E-state index in [1.54, 1.807) is 28.8 Å². The molecule has 0 aliphatic rings. The summed E-state index contributed by atoms with van der Waals surface area (Å²) in [7, 11) is 0. The van der Waals surface area contributed by atoms with Gasteiger partial charge in [-0.25, -0.2) is 9.78 Å².